The van der Waals surface area contributed by atoms with Crippen LogP contribution in [0.4, 0.5) is 0 Å². The zero-order chi connectivity index (χ0) is 13.9. The van der Waals surface area contributed by atoms with Crippen molar-refractivity contribution in [3.63, 3.8) is 0 Å². The van der Waals surface area contributed by atoms with Gasteiger partial charge in [0.25, 0.3) is 0 Å². The lowest BCUT2D eigenvalue weighted by molar-refractivity contribution is 0.324. The molecule has 0 saturated heterocycles. The highest BCUT2D eigenvalue weighted by atomic mass is 16.5. The Hall–Kier alpha value is -2.29. The van der Waals surface area contributed by atoms with Crippen LogP contribution in [0, 0.1) is 13.8 Å². The first kappa shape index (κ1) is 12.7. The molecule has 0 fully saturated rings. The van der Waals surface area contributed by atoms with Crippen LogP contribution >= 0.6 is 0 Å². The maximum absolute atomic E-state index is 5.91. The minimum absolute atomic E-state index is 0.661. The molecule has 0 aliphatic heterocycles. The average molecular weight is 266 g/mol. The van der Waals surface area contributed by atoms with E-state index in [1.54, 1.807) is 0 Å². The third kappa shape index (κ3) is 2.39. The Labute approximate surface area is 118 Å². The number of ether oxygens (including phenoxy) is 1. The maximum atomic E-state index is 5.91. The first-order chi connectivity index (χ1) is 9.75. The van der Waals surface area contributed by atoms with E-state index in [-0.39, 0.29) is 0 Å². The summed E-state index contributed by atoms with van der Waals surface area (Å²) in [4.78, 5) is 4.58. The molecule has 0 saturated carbocycles. The van der Waals surface area contributed by atoms with E-state index in [1.165, 1.54) is 5.56 Å². The highest BCUT2D eigenvalue weighted by Crippen LogP contribution is 2.21. The summed E-state index contributed by atoms with van der Waals surface area (Å²) in [6.07, 6.45) is 2.93. The second-order valence-electron chi connectivity index (χ2n) is 4.93. The fraction of sp³-hybridized carbons (Fsp3) is 0.235. The van der Waals surface area contributed by atoms with E-state index in [9.17, 15) is 0 Å². The topological polar surface area (TPSA) is 26.5 Å². The molecule has 0 aliphatic rings. The summed E-state index contributed by atoms with van der Waals surface area (Å²) < 4.78 is 7.98. The van der Waals surface area contributed by atoms with Gasteiger partial charge in [0.15, 0.2) is 11.4 Å². The molecule has 3 rings (SSSR count). The predicted octanol–water partition coefficient (Wildman–Crippen LogP) is 3.57. The van der Waals surface area contributed by atoms with Crippen molar-refractivity contribution in [1.82, 2.24) is 9.38 Å². The van der Waals surface area contributed by atoms with Gasteiger partial charge in [0.1, 0.15) is 0 Å². The molecule has 2 heterocycles. The first-order valence-corrected chi connectivity index (χ1v) is 6.87. The number of aromatic nitrogens is 2. The normalized spacial score (nSPS) is 10.9. The molecule has 0 radical (unpaired) electrons. The molecule has 20 heavy (non-hydrogen) atoms. The molecule has 1 aromatic carbocycles. The highest BCUT2D eigenvalue weighted by molar-refractivity contribution is 5.55. The Morgan fingerprint density at radius 1 is 1.05 bits per heavy atom. The maximum Gasteiger partial charge on any atom is 0.180 e. The number of fused-ring (bicyclic) bond motifs is 1. The van der Waals surface area contributed by atoms with Gasteiger partial charge < -0.3 is 9.14 Å². The molecule has 3 nitrogen and oxygen atoms in total. The van der Waals surface area contributed by atoms with Gasteiger partial charge in [-0.25, -0.2) is 4.98 Å². The van der Waals surface area contributed by atoms with Gasteiger partial charge in [0.05, 0.1) is 12.3 Å². The second-order valence-corrected chi connectivity index (χ2v) is 4.93. The van der Waals surface area contributed by atoms with E-state index in [4.69, 9.17) is 4.74 Å². The fourth-order valence-electron chi connectivity index (χ4n) is 2.31. The van der Waals surface area contributed by atoms with Crippen LogP contribution in [0.2, 0.25) is 0 Å². The molecule has 0 atom stereocenters. The largest absolute Gasteiger partial charge is 0.489 e. The third-order valence-corrected chi connectivity index (χ3v) is 3.58. The minimum atomic E-state index is 0.661. The van der Waals surface area contributed by atoms with E-state index in [2.05, 4.69) is 40.6 Å². The molecule has 2 aromatic heterocycles. The summed E-state index contributed by atoms with van der Waals surface area (Å²) in [7, 11) is 0. The summed E-state index contributed by atoms with van der Waals surface area (Å²) >= 11 is 0. The quantitative estimate of drug-likeness (QED) is 0.721. The van der Waals surface area contributed by atoms with Crippen molar-refractivity contribution in [2.24, 2.45) is 0 Å². The Balaban J connectivity index is 1.76. The lowest BCUT2D eigenvalue weighted by Crippen LogP contribution is -2.02. The molecule has 0 aliphatic carbocycles. The number of hydrogen-bond acceptors (Lipinski definition) is 2. The molecule has 3 heteroatoms. The van der Waals surface area contributed by atoms with Gasteiger partial charge in [-0.05, 0) is 31.5 Å². The molecule has 3 aromatic rings. The molecule has 0 N–H and O–H groups in total. The lowest BCUT2D eigenvalue weighted by atomic mass is 10.2. The number of nitrogens with zero attached hydrogens (tertiary/aromatic N) is 2. The summed E-state index contributed by atoms with van der Waals surface area (Å²) in [6.45, 7) is 4.76. The number of hydrogen-bond donors (Lipinski definition) is 0. The number of aryl methyl sites for hydroxylation is 2. The van der Waals surface area contributed by atoms with Crippen LogP contribution in [-0.4, -0.2) is 16.0 Å². The number of rotatable bonds is 4. The average Bonchev–Trinajstić information content (AvgIpc) is 2.77. The van der Waals surface area contributed by atoms with Gasteiger partial charge in [-0.2, -0.15) is 0 Å². The first-order valence-electron chi connectivity index (χ1n) is 6.87. The van der Waals surface area contributed by atoms with Crippen molar-refractivity contribution in [3.05, 3.63) is 65.6 Å². The zero-order valence-electron chi connectivity index (χ0n) is 11.8. The van der Waals surface area contributed by atoms with Crippen LogP contribution in [0.3, 0.4) is 0 Å². The van der Waals surface area contributed by atoms with E-state index in [0.717, 1.165) is 29.2 Å². The number of benzene rings is 1. The van der Waals surface area contributed by atoms with E-state index in [0.29, 0.717) is 6.61 Å². The summed E-state index contributed by atoms with van der Waals surface area (Å²) in [5.41, 5.74) is 4.39. The Morgan fingerprint density at radius 2 is 1.85 bits per heavy atom. The van der Waals surface area contributed by atoms with E-state index >= 15 is 0 Å². The van der Waals surface area contributed by atoms with Gasteiger partial charge in [0, 0.05) is 18.3 Å². The Kier molecular flexibility index (Phi) is 3.42. The van der Waals surface area contributed by atoms with Gasteiger partial charge in [-0.15, -0.1) is 0 Å². The van der Waals surface area contributed by atoms with Crippen molar-refractivity contribution in [2.45, 2.75) is 20.3 Å². The van der Waals surface area contributed by atoms with E-state index in [1.807, 2.05) is 31.3 Å². The van der Waals surface area contributed by atoms with Crippen molar-refractivity contribution >= 4 is 5.65 Å². The van der Waals surface area contributed by atoms with E-state index < -0.39 is 0 Å². The molecule has 0 amide bonds. The summed E-state index contributed by atoms with van der Waals surface area (Å²) in [6, 6.07) is 14.3. The Morgan fingerprint density at radius 3 is 2.65 bits per heavy atom. The Bertz CT molecular complexity index is 716. The molecule has 0 spiro atoms. The smallest absolute Gasteiger partial charge is 0.180 e. The van der Waals surface area contributed by atoms with Crippen LogP contribution in [-0.2, 0) is 6.42 Å². The molecular weight excluding hydrogens is 248 g/mol. The molecule has 0 bridgehead atoms. The monoisotopic (exact) mass is 266 g/mol. The number of imidazole rings is 1. The van der Waals surface area contributed by atoms with Crippen molar-refractivity contribution < 1.29 is 4.74 Å². The van der Waals surface area contributed by atoms with Gasteiger partial charge in [-0.3, -0.25) is 0 Å². The SMILES string of the molecule is Cc1nc2c(OCCc3ccccc3)cccn2c1C. The zero-order valence-corrected chi connectivity index (χ0v) is 11.8. The third-order valence-electron chi connectivity index (χ3n) is 3.58. The van der Waals surface area contributed by atoms with Gasteiger partial charge in [-0.1, -0.05) is 30.3 Å². The molecule has 0 unspecified atom stereocenters. The summed E-state index contributed by atoms with van der Waals surface area (Å²) in [5.74, 6) is 0.847. The van der Waals surface area contributed by atoms with Gasteiger partial charge >= 0.3 is 0 Å². The van der Waals surface area contributed by atoms with Crippen LogP contribution in [0.25, 0.3) is 5.65 Å². The lowest BCUT2D eigenvalue weighted by Gasteiger charge is -2.07. The minimum Gasteiger partial charge on any atom is -0.489 e. The van der Waals surface area contributed by atoms with Crippen molar-refractivity contribution in [3.8, 4) is 5.75 Å². The number of pyridine rings is 1. The van der Waals surface area contributed by atoms with Crippen LogP contribution in [0.15, 0.2) is 48.7 Å². The molecular formula is C17H18N2O. The van der Waals surface area contributed by atoms with Gasteiger partial charge in [0.2, 0.25) is 0 Å². The van der Waals surface area contributed by atoms with Crippen molar-refractivity contribution in [1.29, 1.82) is 0 Å². The van der Waals surface area contributed by atoms with Crippen molar-refractivity contribution in [2.75, 3.05) is 6.61 Å². The standard InChI is InChI=1S/C17H18N2O/c1-13-14(2)19-11-6-9-16(17(19)18-13)20-12-10-15-7-4-3-5-8-15/h3-9,11H,10,12H2,1-2H3. The van der Waals surface area contributed by atoms with Crippen LogP contribution < -0.4 is 4.74 Å². The fourth-order valence-corrected chi connectivity index (χ4v) is 2.31. The van der Waals surface area contributed by atoms with Crippen LogP contribution in [0.5, 0.6) is 5.75 Å². The molecule has 102 valence electrons. The van der Waals surface area contributed by atoms with Crippen LogP contribution in [0.1, 0.15) is 17.0 Å². The highest BCUT2D eigenvalue weighted by Gasteiger charge is 2.08. The second kappa shape index (κ2) is 5.37. The summed E-state index contributed by atoms with van der Waals surface area (Å²) in [5, 5.41) is 0. The predicted molar refractivity (Wildman–Crippen MR) is 80.3 cm³/mol.